The highest BCUT2D eigenvalue weighted by molar-refractivity contribution is 14.1. The first-order chi connectivity index (χ1) is 8.29. The zero-order chi connectivity index (χ0) is 11.8. The van der Waals surface area contributed by atoms with Gasteiger partial charge in [0, 0.05) is 29.0 Å². The fraction of sp³-hybridized carbons (Fsp3) is 0.333. The number of rotatable bonds is 2. The molecule has 2 aromatic heterocycles. The number of aromatic amines is 1. The normalized spacial score (nSPS) is 16.1. The second kappa shape index (κ2) is 4.29. The number of H-pyrrole nitrogens is 1. The molecule has 3 rings (SSSR count). The maximum absolute atomic E-state index is 11.7. The molecule has 0 unspecified atom stereocenters. The lowest BCUT2D eigenvalue weighted by molar-refractivity contribution is -0.117. The van der Waals surface area contributed by atoms with Crippen molar-refractivity contribution in [3.05, 3.63) is 24.0 Å². The highest BCUT2D eigenvalue weighted by Crippen LogP contribution is 2.26. The SMILES string of the molecule is O=C1CCCN1c1cnc2[nH]cc(CI)c2c1. The van der Waals surface area contributed by atoms with Crippen LogP contribution in [-0.4, -0.2) is 22.4 Å². The molecule has 2 aromatic rings. The van der Waals surface area contributed by atoms with Crippen molar-refractivity contribution in [1.29, 1.82) is 0 Å². The van der Waals surface area contributed by atoms with Gasteiger partial charge in [-0.15, -0.1) is 0 Å². The predicted octanol–water partition coefficient (Wildman–Crippen LogP) is 2.62. The van der Waals surface area contributed by atoms with Crippen molar-refractivity contribution in [1.82, 2.24) is 9.97 Å². The quantitative estimate of drug-likeness (QED) is 0.674. The van der Waals surface area contributed by atoms with E-state index in [1.807, 2.05) is 11.1 Å². The topological polar surface area (TPSA) is 49.0 Å². The largest absolute Gasteiger partial charge is 0.346 e. The minimum absolute atomic E-state index is 0.206. The van der Waals surface area contributed by atoms with Crippen molar-refractivity contribution in [3.8, 4) is 0 Å². The standard InChI is InChI=1S/C12H12IN3O/c13-5-8-6-14-12-10(8)4-9(7-15-12)16-3-1-2-11(16)17/h4,6-7H,1-3,5H2,(H,14,15). The number of aromatic nitrogens is 2. The van der Waals surface area contributed by atoms with Gasteiger partial charge in [0.25, 0.3) is 0 Å². The Morgan fingerprint density at radius 1 is 1.53 bits per heavy atom. The molecule has 1 amide bonds. The van der Waals surface area contributed by atoms with Gasteiger partial charge in [0.1, 0.15) is 5.65 Å². The van der Waals surface area contributed by atoms with E-state index in [0.717, 1.165) is 34.1 Å². The zero-order valence-corrected chi connectivity index (χ0v) is 11.4. The molecule has 1 aliphatic heterocycles. The summed E-state index contributed by atoms with van der Waals surface area (Å²) in [5, 5.41) is 1.12. The molecular weight excluding hydrogens is 329 g/mol. The van der Waals surface area contributed by atoms with Gasteiger partial charge in [-0.1, -0.05) is 22.6 Å². The molecule has 5 heteroatoms. The molecule has 0 aromatic carbocycles. The molecule has 1 fully saturated rings. The highest BCUT2D eigenvalue weighted by atomic mass is 127. The van der Waals surface area contributed by atoms with Crippen molar-refractivity contribution in [2.24, 2.45) is 0 Å². The van der Waals surface area contributed by atoms with Crippen LogP contribution in [0.1, 0.15) is 18.4 Å². The molecule has 1 N–H and O–H groups in total. The molecule has 0 radical (unpaired) electrons. The lowest BCUT2D eigenvalue weighted by atomic mass is 10.2. The molecule has 1 saturated heterocycles. The van der Waals surface area contributed by atoms with Crippen molar-refractivity contribution >= 4 is 45.2 Å². The molecule has 0 aliphatic carbocycles. The van der Waals surface area contributed by atoms with Crippen LogP contribution in [0.25, 0.3) is 11.0 Å². The lowest BCUT2D eigenvalue weighted by Crippen LogP contribution is -2.23. The number of nitrogens with one attached hydrogen (secondary N) is 1. The molecule has 0 bridgehead atoms. The number of carbonyl (C=O) groups excluding carboxylic acids is 1. The Balaban J connectivity index is 2.08. The smallest absolute Gasteiger partial charge is 0.227 e. The fourth-order valence-electron chi connectivity index (χ4n) is 2.23. The Hall–Kier alpha value is -1.11. The van der Waals surface area contributed by atoms with Crippen molar-refractivity contribution in [2.75, 3.05) is 11.4 Å². The lowest BCUT2D eigenvalue weighted by Gasteiger charge is -2.15. The Labute approximate surface area is 113 Å². The van der Waals surface area contributed by atoms with Gasteiger partial charge in [-0.25, -0.2) is 4.98 Å². The number of alkyl halides is 1. The van der Waals surface area contributed by atoms with Gasteiger partial charge in [0.15, 0.2) is 0 Å². The first-order valence-electron chi connectivity index (χ1n) is 5.62. The molecule has 88 valence electrons. The zero-order valence-electron chi connectivity index (χ0n) is 9.24. The summed E-state index contributed by atoms with van der Waals surface area (Å²) in [4.78, 5) is 21.0. The van der Waals surface area contributed by atoms with Gasteiger partial charge in [0.05, 0.1) is 11.9 Å². The van der Waals surface area contributed by atoms with Crippen LogP contribution < -0.4 is 4.90 Å². The van der Waals surface area contributed by atoms with E-state index in [0.29, 0.717) is 6.42 Å². The first kappa shape index (κ1) is 11.0. The molecule has 4 nitrogen and oxygen atoms in total. The molecular formula is C12H12IN3O. The van der Waals surface area contributed by atoms with E-state index in [1.165, 1.54) is 5.56 Å². The molecule has 1 aliphatic rings. The Kier molecular flexibility index (Phi) is 2.78. The number of carbonyl (C=O) groups is 1. The van der Waals surface area contributed by atoms with Crippen molar-refractivity contribution < 1.29 is 4.79 Å². The second-order valence-corrected chi connectivity index (χ2v) is 4.95. The second-order valence-electron chi connectivity index (χ2n) is 4.19. The summed E-state index contributed by atoms with van der Waals surface area (Å²) in [6.07, 6.45) is 5.37. The minimum atomic E-state index is 0.206. The molecule has 3 heterocycles. The van der Waals surface area contributed by atoms with E-state index in [2.05, 4.69) is 38.6 Å². The summed E-state index contributed by atoms with van der Waals surface area (Å²) >= 11 is 2.33. The maximum Gasteiger partial charge on any atom is 0.227 e. The van der Waals surface area contributed by atoms with E-state index in [1.54, 1.807) is 6.20 Å². The van der Waals surface area contributed by atoms with E-state index >= 15 is 0 Å². The van der Waals surface area contributed by atoms with Crippen molar-refractivity contribution in [2.45, 2.75) is 17.3 Å². The summed E-state index contributed by atoms with van der Waals surface area (Å²) in [6, 6.07) is 2.07. The van der Waals surface area contributed by atoms with Crippen LogP contribution >= 0.6 is 22.6 Å². The molecule has 17 heavy (non-hydrogen) atoms. The van der Waals surface area contributed by atoms with E-state index in [-0.39, 0.29) is 5.91 Å². The predicted molar refractivity (Wildman–Crippen MR) is 75.4 cm³/mol. The summed E-state index contributed by atoms with van der Waals surface area (Å²) in [5.74, 6) is 0.206. The molecule has 0 spiro atoms. The number of halogens is 1. The molecule has 0 saturated carbocycles. The van der Waals surface area contributed by atoms with Crippen LogP contribution in [0, 0.1) is 0 Å². The fourth-order valence-corrected chi connectivity index (χ4v) is 2.86. The van der Waals surface area contributed by atoms with Crippen LogP contribution in [0.5, 0.6) is 0 Å². The van der Waals surface area contributed by atoms with Crippen molar-refractivity contribution in [3.63, 3.8) is 0 Å². The summed E-state index contributed by atoms with van der Waals surface area (Å²) in [6.45, 7) is 0.815. The van der Waals surface area contributed by atoms with Gasteiger partial charge >= 0.3 is 0 Å². The third-order valence-electron chi connectivity index (χ3n) is 3.13. The first-order valence-corrected chi connectivity index (χ1v) is 7.14. The highest BCUT2D eigenvalue weighted by Gasteiger charge is 2.22. The average molecular weight is 341 g/mol. The van der Waals surface area contributed by atoms with Gasteiger partial charge in [-0.05, 0) is 18.1 Å². The van der Waals surface area contributed by atoms with Gasteiger partial charge in [-0.3, -0.25) is 4.79 Å². The van der Waals surface area contributed by atoms with Gasteiger partial charge in [0.2, 0.25) is 5.91 Å². The maximum atomic E-state index is 11.7. The van der Waals surface area contributed by atoms with Crippen LogP contribution in [0.2, 0.25) is 0 Å². The van der Waals surface area contributed by atoms with Crippen LogP contribution in [0.4, 0.5) is 5.69 Å². The number of hydrogen-bond acceptors (Lipinski definition) is 2. The number of nitrogens with zero attached hydrogens (tertiary/aromatic N) is 2. The summed E-state index contributed by atoms with van der Waals surface area (Å²) < 4.78 is 0.941. The van der Waals surface area contributed by atoms with Crippen LogP contribution in [-0.2, 0) is 9.22 Å². The number of anilines is 1. The Morgan fingerprint density at radius 3 is 3.12 bits per heavy atom. The summed E-state index contributed by atoms with van der Waals surface area (Å²) in [5.41, 5.74) is 3.05. The number of fused-ring (bicyclic) bond motifs is 1. The minimum Gasteiger partial charge on any atom is -0.346 e. The number of pyridine rings is 1. The van der Waals surface area contributed by atoms with Crippen LogP contribution in [0.15, 0.2) is 18.5 Å². The number of hydrogen-bond donors (Lipinski definition) is 1. The Morgan fingerprint density at radius 2 is 2.41 bits per heavy atom. The monoisotopic (exact) mass is 341 g/mol. The third kappa shape index (κ3) is 1.82. The van der Waals surface area contributed by atoms with E-state index < -0.39 is 0 Å². The van der Waals surface area contributed by atoms with Gasteiger partial charge in [-0.2, -0.15) is 0 Å². The number of amides is 1. The Bertz CT molecular complexity index is 578. The summed E-state index contributed by atoms with van der Waals surface area (Å²) in [7, 11) is 0. The van der Waals surface area contributed by atoms with Gasteiger partial charge < -0.3 is 9.88 Å². The third-order valence-corrected chi connectivity index (χ3v) is 3.95. The van der Waals surface area contributed by atoms with E-state index in [9.17, 15) is 4.79 Å². The van der Waals surface area contributed by atoms with E-state index in [4.69, 9.17) is 0 Å². The average Bonchev–Trinajstić information content (AvgIpc) is 2.93. The van der Waals surface area contributed by atoms with Crippen LogP contribution in [0.3, 0.4) is 0 Å². The molecule has 0 atom stereocenters.